The Balaban J connectivity index is 1.65. The summed E-state index contributed by atoms with van der Waals surface area (Å²) in [5.41, 5.74) is 2.76. The third kappa shape index (κ3) is 3.46. The standard InChI is InChI=1S/C20H20FN3O2/c21-16-7-5-15(6-8-16)13-19-22-17-3-1-2-4-18(17)24(19)14-20(25)23-9-11-26-12-10-23/h1-8H,9-14H2. The molecule has 0 aliphatic carbocycles. The van der Waals surface area contributed by atoms with Crippen molar-refractivity contribution < 1.29 is 13.9 Å². The Kier molecular flexibility index (Phi) is 4.67. The molecule has 6 heteroatoms. The molecule has 3 aromatic rings. The molecule has 0 bridgehead atoms. The van der Waals surface area contributed by atoms with Crippen LogP contribution in [0, 0.1) is 5.82 Å². The first kappa shape index (κ1) is 16.7. The van der Waals surface area contributed by atoms with Gasteiger partial charge in [-0.2, -0.15) is 0 Å². The van der Waals surface area contributed by atoms with Crippen LogP contribution in [0.5, 0.6) is 0 Å². The molecule has 1 fully saturated rings. The van der Waals surface area contributed by atoms with Crippen LogP contribution in [-0.2, 0) is 22.5 Å². The SMILES string of the molecule is O=C(Cn1c(Cc2ccc(F)cc2)nc2ccccc21)N1CCOCC1. The molecule has 0 spiro atoms. The van der Waals surface area contributed by atoms with E-state index < -0.39 is 0 Å². The molecule has 2 aromatic carbocycles. The van der Waals surface area contributed by atoms with Crippen LogP contribution >= 0.6 is 0 Å². The van der Waals surface area contributed by atoms with Crippen molar-refractivity contribution >= 4 is 16.9 Å². The fourth-order valence-corrected chi connectivity index (χ4v) is 3.27. The van der Waals surface area contributed by atoms with Gasteiger partial charge < -0.3 is 14.2 Å². The minimum absolute atomic E-state index is 0.0665. The largest absolute Gasteiger partial charge is 0.378 e. The van der Waals surface area contributed by atoms with E-state index in [1.807, 2.05) is 33.7 Å². The van der Waals surface area contributed by atoms with Crippen LogP contribution in [-0.4, -0.2) is 46.7 Å². The molecule has 1 saturated heterocycles. The molecule has 0 atom stereocenters. The van der Waals surface area contributed by atoms with Gasteiger partial charge in [0.25, 0.3) is 0 Å². The van der Waals surface area contributed by atoms with E-state index in [-0.39, 0.29) is 18.3 Å². The van der Waals surface area contributed by atoms with E-state index in [1.165, 1.54) is 12.1 Å². The predicted molar refractivity (Wildman–Crippen MR) is 96.3 cm³/mol. The maximum Gasteiger partial charge on any atom is 0.242 e. The lowest BCUT2D eigenvalue weighted by Gasteiger charge is -2.27. The summed E-state index contributed by atoms with van der Waals surface area (Å²) < 4.78 is 20.5. The fourth-order valence-electron chi connectivity index (χ4n) is 3.27. The molecule has 5 nitrogen and oxygen atoms in total. The first-order chi connectivity index (χ1) is 12.7. The highest BCUT2D eigenvalue weighted by Gasteiger charge is 2.20. The smallest absolute Gasteiger partial charge is 0.242 e. The predicted octanol–water partition coefficient (Wildman–Crippen LogP) is 2.63. The van der Waals surface area contributed by atoms with Crippen LogP contribution in [0.25, 0.3) is 11.0 Å². The van der Waals surface area contributed by atoms with E-state index in [9.17, 15) is 9.18 Å². The quantitative estimate of drug-likeness (QED) is 0.724. The normalized spacial score (nSPS) is 14.7. The number of benzene rings is 2. The monoisotopic (exact) mass is 353 g/mol. The topological polar surface area (TPSA) is 47.4 Å². The average molecular weight is 353 g/mol. The zero-order chi connectivity index (χ0) is 17.9. The third-order valence-corrected chi connectivity index (χ3v) is 4.67. The summed E-state index contributed by atoms with van der Waals surface area (Å²) in [4.78, 5) is 19.3. The van der Waals surface area contributed by atoms with Crippen molar-refractivity contribution in [1.82, 2.24) is 14.5 Å². The number of halogens is 1. The second kappa shape index (κ2) is 7.25. The Morgan fingerprint density at radius 1 is 1.08 bits per heavy atom. The first-order valence-corrected chi connectivity index (χ1v) is 8.75. The lowest BCUT2D eigenvalue weighted by atomic mass is 10.1. The molecule has 4 rings (SSSR count). The van der Waals surface area contributed by atoms with Gasteiger partial charge in [0.2, 0.25) is 5.91 Å². The van der Waals surface area contributed by atoms with Crippen LogP contribution < -0.4 is 0 Å². The van der Waals surface area contributed by atoms with Crippen LogP contribution in [0.3, 0.4) is 0 Å². The highest BCUT2D eigenvalue weighted by atomic mass is 19.1. The van der Waals surface area contributed by atoms with Crippen molar-refractivity contribution in [3.05, 3.63) is 65.7 Å². The van der Waals surface area contributed by atoms with E-state index in [2.05, 4.69) is 0 Å². The molecule has 1 aliphatic rings. The molecule has 0 radical (unpaired) electrons. The molecule has 0 saturated carbocycles. The molecule has 1 aromatic heterocycles. The van der Waals surface area contributed by atoms with Gasteiger partial charge in [-0.3, -0.25) is 4.79 Å². The fraction of sp³-hybridized carbons (Fsp3) is 0.300. The van der Waals surface area contributed by atoms with E-state index in [0.29, 0.717) is 32.7 Å². The van der Waals surface area contributed by atoms with E-state index in [0.717, 1.165) is 22.4 Å². The maximum atomic E-state index is 13.2. The summed E-state index contributed by atoms with van der Waals surface area (Å²) in [6.07, 6.45) is 0.547. The van der Waals surface area contributed by atoms with E-state index >= 15 is 0 Å². The van der Waals surface area contributed by atoms with Gasteiger partial charge in [0.05, 0.1) is 24.2 Å². The van der Waals surface area contributed by atoms with Gasteiger partial charge in [0, 0.05) is 19.5 Å². The van der Waals surface area contributed by atoms with Gasteiger partial charge in [0.1, 0.15) is 18.2 Å². The van der Waals surface area contributed by atoms with Gasteiger partial charge >= 0.3 is 0 Å². The molecular weight excluding hydrogens is 333 g/mol. The van der Waals surface area contributed by atoms with Crippen LogP contribution in [0.2, 0.25) is 0 Å². The van der Waals surface area contributed by atoms with Crippen LogP contribution in [0.1, 0.15) is 11.4 Å². The number of aromatic nitrogens is 2. The van der Waals surface area contributed by atoms with Crippen molar-refractivity contribution in [3.8, 4) is 0 Å². The van der Waals surface area contributed by atoms with E-state index in [4.69, 9.17) is 9.72 Å². The summed E-state index contributed by atoms with van der Waals surface area (Å²) in [5.74, 6) is 0.612. The van der Waals surface area contributed by atoms with Crippen molar-refractivity contribution in [2.75, 3.05) is 26.3 Å². The number of nitrogens with zero attached hydrogens (tertiary/aromatic N) is 3. The number of hydrogen-bond acceptors (Lipinski definition) is 3. The Morgan fingerprint density at radius 3 is 2.58 bits per heavy atom. The Labute approximate surface area is 151 Å². The number of carbonyl (C=O) groups is 1. The molecule has 2 heterocycles. The minimum atomic E-state index is -0.259. The Hall–Kier alpha value is -2.73. The highest BCUT2D eigenvalue weighted by Crippen LogP contribution is 2.19. The number of fused-ring (bicyclic) bond motifs is 1. The number of hydrogen-bond donors (Lipinski definition) is 0. The van der Waals surface area contributed by atoms with Gasteiger partial charge in [0.15, 0.2) is 0 Å². The first-order valence-electron chi connectivity index (χ1n) is 8.75. The summed E-state index contributed by atoms with van der Waals surface area (Å²) in [5, 5.41) is 0. The molecule has 0 N–H and O–H groups in total. The van der Waals surface area contributed by atoms with Gasteiger partial charge in [-0.25, -0.2) is 9.37 Å². The number of ether oxygens (including phenoxy) is 1. The number of rotatable bonds is 4. The lowest BCUT2D eigenvalue weighted by molar-refractivity contribution is -0.135. The summed E-state index contributed by atoms with van der Waals surface area (Å²) in [6, 6.07) is 14.2. The second-order valence-electron chi connectivity index (χ2n) is 6.40. The summed E-state index contributed by atoms with van der Waals surface area (Å²) in [7, 11) is 0. The lowest BCUT2D eigenvalue weighted by Crippen LogP contribution is -2.42. The van der Waals surface area contributed by atoms with E-state index in [1.54, 1.807) is 12.1 Å². The van der Waals surface area contributed by atoms with Crippen LogP contribution in [0.4, 0.5) is 4.39 Å². The summed E-state index contributed by atoms with van der Waals surface area (Å²) >= 11 is 0. The Morgan fingerprint density at radius 2 is 1.81 bits per heavy atom. The highest BCUT2D eigenvalue weighted by molar-refractivity contribution is 5.81. The zero-order valence-electron chi connectivity index (χ0n) is 14.4. The third-order valence-electron chi connectivity index (χ3n) is 4.67. The number of imidazole rings is 1. The molecular formula is C20H20FN3O2. The molecule has 1 amide bonds. The number of amides is 1. The van der Waals surface area contributed by atoms with Gasteiger partial charge in [-0.15, -0.1) is 0 Å². The Bertz CT molecular complexity index is 914. The van der Waals surface area contributed by atoms with Gasteiger partial charge in [-0.1, -0.05) is 24.3 Å². The van der Waals surface area contributed by atoms with Crippen LogP contribution in [0.15, 0.2) is 48.5 Å². The number of morpholine rings is 1. The van der Waals surface area contributed by atoms with Crippen molar-refractivity contribution in [2.45, 2.75) is 13.0 Å². The second-order valence-corrected chi connectivity index (χ2v) is 6.40. The molecule has 1 aliphatic heterocycles. The van der Waals surface area contributed by atoms with Crippen molar-refractivity contribution in [2.24, 2.45) is 0 Å². The maximum absolute atomic E-state index is 13.2. The van der Waals surface area contributed by atoms with Gasteiger partial charge in [-0.05, 0) is 29.8 Å². The van der Waals surface area contributed by atoms with Crippen molar-refractivity contribution in [3.63, 3.8) is 0 Å². The molecule has 26 heavy (non-hydrogen) atoms. The molecule has 0 unspecified atom stereocenters. The number of para-hydroxylation sites is 2. The molecule has 134 valence electrons. The summed E-state index contributed by atoms with van der Waals surface area (Å²) in [6.45, 7) is 2.66. The zero-order valence-corrected chi connectivity index (χ0v) is 14.4. The average Bonchev–Trinajstić information content (AvgIpc) is 3.01. The minimum Gasteiger partial charge on any atom is -0.378 e. The van der Waals surface area contributed by atoms with Crippen molar-refractivity contribution in [1.29, 1.82) is 0 Å². The number of carbonyl (C=O) groups excluding carboxylic acids is 1.